The summed E-state index contributed by atoms with van der Waals surface area (Å²) in [7, 11) is 0. The maximum Gasteiger partial charge on any atom is 0.199 e. The van der Waals surface area contributed by atoms with Crippen molar-refractivity contribution < 1.29 is 9.53 Å². The molecule has 0 aliphatic rings. The molecule has 1 aromatic heterocycles. The molecule has 0 bridgehead atoms. The standard InChI is InChI=1S/C10H13ClO2S/c1-10(2,3)13-6-8(12)9-7(11)4-5-14-9/h4-5H,6H2,1-3H3. The fourth-order valence-corrected chi connectivity index (χ4v) is 1.93. The van der Waals surface area contributed by atoms with E-state index in [1.807, 2.05) is 20.8 Å². The maximum atomic E-state index is 11.6. The molecular formula is C10H13ClO2S. The van der Waals surface area contributed by atoms with Crippen LogP contribution in [-0.4, -0.2) is 18.0 Å². The van der Waals surface area contributed by atoms with Crippen LogP contribution in [0.2, 0.25) is 5.02 Å². The van der Waals surface area contributed by atoms with Crippen molar-refractivity contribution in [2.45, 2.75) is 26.4 Å². The van der Waals surface area contributed by atoms with Gasteiger partial charge in [0, 0.05) is 0 Å². The number of thiophene rings is 1. The number of halogens is 1. The van der Waals surface area contributed by atoms with Crippen molar-refractivity contribution in [1.29, 1.82) is 0 Å². The van der Waals surface area contributed by atoms with Gasteiger partial charge in [0.05, 0.1) is 15.5 Å². The zero-order valence-corrected chi connectivity index (χ0v) is 10.0. The average Bonchev–Trinajstić information content (AvgIpc) is 2.46. The summed E-state index contributed by atoms with van der Waals surface area (Å²) in [6, 6.07) is 1.72. The lowest BCUT2D eigenvalue weighted by molar-refractivity contribution is 0.00324. The summed E-state index contributed by atoms with van der Waals surface area (Å²) in [6.07, 6.45) is 0. The number of carbonyl (C=O) groups is 1. The van der Waals surface area contributed by atoms with E-state index >= 15 is 0 Å². The van der Waals surface area contributed by atoms with Gasteiger partial charge in [0.15, 0.2) is 5.78 Å². The smallest absolute Gasteiger partial charge is 0.199 e. The van der Waals surface area contributed by atoms with Gasteiger partial charge in [0.2, 0.25) is 0 Å². The van der Waals surface area contributed by atoms with Gasteiger partial charge in [-0.2, -0.15) is 0 Å². The van der Waals surface area contributed by atoms with Crippen molar-refractivity contribution >= 4 is 28.7 Å². The first-order valence-electron chi connectivity index (χ1n) is 4.30. The minimum absolute atomic E-state index is 0.0556. The molecule has 0 aliphatic carbocycles. The zero-order valence-electron chi connectivity index (χ0n) is 8.46. The highest BCUT2D eigenvalue weighted by molar-refractivity contribution is 7.12. The quantitative estimate of drug-likeness (QED) is 0.747. The van der Waals surface area contributed by atoms with E-state index in [2.05, 4.69) is 0 Å². The van der Waals surface area contributed by atoms with E-state index in [4.69, 9.17) is 16.3 Å². The molecule has 78 valence electrons. The molecule has 1 aromatic rings. The normalized spacial score (nSPS) is 11.7. The molecule has 14 heavy (non-hydrogen) atoms. The topological polar surface area (TPSA) is 26.3 Å². The third-order valence-corrected chi connectivity index (χ3v) is 2.89. The van der Waals surface area contributed by atoms with Crippen molar-refractivity contribution in [2.75, 3.05) is 6.61 Å². The predicted molar refractivity (Wildman–Crippen MR) is 59.4 cm³/mol. The molecule has 0 saturated heterocycles. The van der Waals surface area contributed by atoms with Gasteiger partial charge in [-0.3, -0.25) is 4.79 Å². The van der Waals surface area contributed by atoms with Gasteiger partial charge in [-0.05, 0) is 32.2 Å². The maximum absolute atomic E-state index is 11.6. The van der Waals surface area contributed by atoms with Gasteiger partial charge in [0.1, 0.15) is 6.61 Å². The molecule has 0 aromatic carbocycles. The first-order valence-corrected chi connectivity index (χ1v) is 5.56. The Hall–Kier alpha value is -0.380. The van der Waals surface area contributed by atoms with E-state index in [0.29, 0.717) is 9.90 Å². The van der Waals surface area contributed by atoms with Crippen LogP contribution in [0.5, 0.6) is 0 Å². The Balaban J connectivity index is 2.56. The van der Waals surface area contributed by atoms with E-state index in [1.165, 1.54) is 11.3 Å². The second-order valence-electron chi connectivity index (χ2n) is 3.92. The average molecular weight is 233 g/mol. The molecule has 0 amide bonds. The molecule has 0 fully saturated rings. The number of hydrogen-bond donors (Lipinski definition) is 0. The first kappa shape index (κ1) is 11.7. The van der Waals surface area contributed by atoms with Gasteiger partial charge in [-0.25, -0.2) is 0 Å². The van der Waals surface area contributed by atoms with Gasteiger partial charge in [-0.1, -0.05) is 11.6 Å². The van der Waals surface area contributed by atoms with Gasteiger partial charge in [0.25, 0.3) is 0 Å². The summed E-state index contributed by atoms with van der Waals surface area (Å²) < 4.78 is 5.37. The molecule has 0 saturated carbocycles. The van der Waals surface area contributed by atoms with Crippen molar-refractivity contribution in [3.05, 3.63) is 21.3 Å². The second-order valence-corrected chi connectivity index (χ2v) is 5.25. The molecule has 0 N–H and O–H groups in total. The number of carbonyl (C=O) groups excluding carboxylic acids is 1. The molecule has 0 aliphatic heterocycles. The van der Waals surface area contributed by atoms with Crippen LogP contribution in [0.3, 0.4) is 0 Å². The Labute approximate surface area is 92.8 Å². The Kier molecular flexibility index (Phi) is 3.70. The van der Waals surface area contributed by atoms with E-state index in [9.17, 15) is 4.79 Å². The lowest BCUT2D eigenvalue weighted by Crippen LogP contribution is -2.23. The summed E-state index contributed by atoms with van der Waals surface area (Å²) in [5.41, 5.74) is -0.292. The fraction of sp³-hybridized carbons (Fsp3) is 0.500. The van der Waals surface area contributed by atoms with E-state index in [-0.39, 0.29) is 18.0 Å². The molecule has 1 rings (SSSR count). The number of Topliss-reactive ketones (excluding diaryl/α,β-unsaturated/α-hetero) is 1. The van der Waals surface area contributed by atoms with Crippen LogP contribution in [0.15, 0.2) is 11.4 Å². The molecule has 0 spiro atoms. The minimum atomic E-state index is -0.292. The summed E-state index contributed by atoms with van der Waals surface area (Å²) >= 11 is 7.17. The summed E-state index contributed by atoms with van der Waals surface area (Å²) in [6.45, 7) is 5.83. The van der Waals surface area contributed by atoms with Crippen LogP contribution < -0.4 is 0 Å². The van der Waals surface area contributed by atoms with E-state index < -0.39 is 0 Å². The van der Waals surface area contributed by atoms with Crippen molar-refractivity contribution in [2.24, 2.45) is 0 Å². The molecular weight excluding hydrogens is 220 g/mol. The third kappa shape index (κ3) is 3.40. The third-order valence-electron chi connectivity index (χ3n) is 1.51. The number of ether oxygens (including phenoxy) is 1. The number of rotatable bonds is 3. The molecule has 0 unspecified atom stereocenters. The van der Waals surface area contributed by atoms with Crippen molar-refractivity contribution in [3.8, 4) is 0 Å². The summed E-state index contributed by atoms with van der Waals surface area (Å²) in [4.78, 5) is 12.2. The summed E-state index contributed by atoms with van der Waals surface area (Å²) in [5.74, 6) is -0.0556. The molecule has 2 nitrogen and oxygen atoms in total. The first-order chi connectivity index (χ1) is 6.40. The fourth-order valence-electron chi connectivity index (χ4n) is 0.840. The predicted octanol–water partition coefficient (Wildman–Crippen LogP) is 3.40. The highest BCUT2D eigenvalue weighted by Crippen LogP contribution is 2.23. The number of hydrogen-bond acceptors (Lipinski definition) is 3. The Morgan fingerprint density at radius 2 is 2.21 bits per heavy atom. The van der Waals surface area contributed by atoms with Crippen LogP contribution in [-0.2, 0) is 4.74 Å². The highest BCUT2D eigenvalue weighted by atomic mass is 35.5. The van der Waals surface area contributed by atoms with Crippen LogP contribution in [0.1, 0.15) is 30.4 Å². The van der Waals surface area contributed by atoms with Crippen LogP contribution in [0, 0.1) is 0 Å². The van der Waals surface area contributed by atoms with Crippen LogP contribution >= 0.6 is 22.9 Å². The van der Waals surface area contributed by atoms with Gasteiger partial charge >= 0.3 is 0 Å². The monoisotopic (exact) mass is 232 g/mol. The van der Waals surface area contributed by atoms with Gasteiger partial charge < -0.3 is 4.74 Å². The highest BCUT2D eigenvalue weighted by Gasteiger charge is 2.16. The van der Waals surface area contributed by atoms with Gasteiger partial charge in [-0.15, -0.1) is 11.3 Å². The summed E-state index contributed by atoms with van der Waals surface area (Å²) in [5, 5.41) is 2.31. The lowest BCUT2D eigenvalue weighted by atomic mass is 10.2. The zero-order chi connectivity index (χ0) is 10.8. The van der Waals surface area contributed by atoms with Crippen molar-refractivity contribution in [1.82, 2.24) is 0 Å². The molecule has 4 heteroatoms. The Bertz CT molecular complexity index is 325. The van der Waals surface area contributed by atoms with Crippen molar-refractivity contribution in [3.63, 3.8) is 0 Å². The largest absolute Gasteiger partial charge is 0.368 e. The SMILES string of the molecule is CC(C)(C)OCC(=O)c1sccc1Cl. The molecule has 1 heterocycles. The van der Waals surface area contributed by atoms with Crippen LogP contribution in [0.25, 0.3) is 0 Å². The van der Waals surface area contributed by atoms with E-state index in [0.717, 1.165) is 0 Å². The number of ketones is 1. The second kappa shape index (κ2) is 4.43. The lowest BCUT2D eigenvalue weighted by Gasteiger charge is -2.18. The Morgan fingerprint density at radius 3 is 2.64 bits per heavy atom. The molecule has 0 radical (unpaired) electrons. The Morgan fingerprint density at radius 1 is 1.57 bits per heavy atom. The molecule has 0 atom stereocenters. The van der Waals surface area contributed by atoms with E-state index in [1.54, 1.807) is 11.4 Å². The minimum Gasteiger partial charge on any atom is -0.368 e. The van der Waals surface area contributed by atoms with Crippen LogP contribution in [0.4, 0.5) is 0 Å².